The molecule has 0 amide bonds. The average molecular weight is 437 g/mol. The maximum absolute atomic E-state index is 12.4. The lowest BCUT2D eigenvalue weighted by atomic mass is 9.86. The van der Waals surface area contributed by atoms with Gasteiger partial charge in [-0.25, -0.2) is 0 Å². The molecular weight excluding hydrogens is 396 g/mol. The number of hydrogen-bond acceptors (Lipinski definition) is 4. The summed E-state index contributed by atoms with van der Waals surface area (Å²) >= 11 is 0. The fourth-order valence-corrected chi connectivity index (χ4v) is 3.51. The van der Waals surface area contributed by atoms with Crippen LogP contribution in [0.25, 0.3) is 0 Å². The maximum Gasteiger partial charge on any atom is 0.168 e. The molecule has 0 aromatic heterocycles. The normalized spacial score (nSPS) is 12.4. The molecule has 174 valence electrons. The van der Waals surface area contributed by atoms with Gasteiger partial charge < -0.3 is 9.80 Å². The monoisotopic (exact) mass is 436 g/mol. The van der Waals surface area contributed by atoms with Crippen LogP contribution in [0.5, 0.6) is 0 Å². The standard InChI is InChI=1S/C28H40N2O2/c1-27(2,3)25(31)23-13-9-21(10-14-23)19-29(7)17-18-30(8)20-22-11-15-24(16-12-22)26(32)28(4,5)6/h9-16H,17-20H2,1-8H3. The van der Waals surface area contributed by atoms with E-state index in [0.29, 0.717) is 0 Å². The summed E-state index contributed by atoms with van der Waals surface area (Å²) in [6.07, 6.45) is 0. The van der Waals surface area contributed by atoms with Gasteiger partial charge in [-0.1, -0.05) is 90.1 Å². The number of benzene rings is 2. The van der Waals surface area contributed by atoms with Gasteiger partial charge in [0.2, 0.25) is 0 Å². The number of rotatable bonds is 9. The molecule has 0 heterocycles. The molecule has 0 aliphatic heterocycles. The Morgan fingerprint density at radius 2 is 0.875 bits per heavy atom. The topological polar surface area (TPSA) is 40.6 Å². The highest BCUT2D eigenvalue weighted by molar-refractivity contribution is 6.00. The van der Waals surface area contributed by atoms with E-state index in [-0.39, 0.29) is 22.4 Å². The molecule has 0 saturated carbocycles. The number of nitrogens with zero attached hydrogens (tertiary/aromatic N) is 2. The number of hydrogen-bond donors (Lipinski definition) is 0. The van der Waals surface area contributed by atoms with Gasteiger partial charge in [0.1, 0.15) is 0 Å². The van der Waals surface area contributed by atoms with Crippen LogP contribution in [0.4, 0.5) is 0 Å². The van der Waals surface area contributed by atoms with Crippen LogP contribution >= 0.6 is 0 Å². The Balaban J connectivity index is 1.82. The first-order valence-electron chi connectivity index (χ1n) is 11.4. The first kappa shape index (κ1) is 26.0. The third kappa shape index (κ3) is 7.68. The fourth-order valence-electron chi connectivity index (χ4n) is 3.51. The van der Waals surface area contributed by atoms with Crippen molar-refractivity contribution in [2.75, 3.05) is 27.2 Å². The van der Waals surface area contributed by atoms with Crippen molar-refractivity contribution < 1.29 is 9.59 Å². The van der Waals surface area contributed by atoms with Gasteiger partial charge in [-0.15, -0.1) is 0 Å². The van der Waals surface area contributed by atoms with E-state index >= 15 is 0 Å². The molecule has 4 nitrogen and oxygen atoms in total. The van der Waals surface area contributed by atoms with Crippen LogP contribution in [0, 0.1) is 10.8 Å². The van der Waals surface area contributed by atoms with Crippen molar-refractivity contribution in [2.24, 2.45) is 10.8 Å². The summed E-state index contributed by atoms with van der Waals surface area (Å²) in [5, 5.41) is 0. The molecular formula is C28H40N2O2. The smallest absolute Gasteiger partial charge is 0.168 e. The van der Waals surface area contributed by atoms with Gasteiger partial charge >= 0.3 is 0 Å². The SMILES string of the molecule is CN(CCN(C)Cc1ccc(C(=O)C(C)(C)C)cc1)Cc1ccc(C(=O)C(C)(C)C)cc1. The highest BCUT2D eigenvalue weighted by Gasteiger charge is 2.23. The number of Topliss-reactive ketones (excluding diaryl/α,β-unsaturated/α-hetero) is 2. The van der Waals surface area contributed by atoms with Crippen molar-refractivity contribution >= 4 is 11.6 Å². The largest absolute Gasteiger partial charge is 0.301 e. The summed E-state index contributed by atoms with van der Waals surface area (Å²) < 4.78 is 0. The van der Waals surface area contributed by atoms with Crippen LogP contribution in [0.1, 0.15) is 73.4 Å². The van der Waals surface area contributed by atoms with E-state index < -0.39 is 0 Å². The van der Waals surface area contributed by atoms with E-state index in [0.717, 1.165) is 37.3 Å². The molecule has 0 saturated heterocycles. The number of ketones is 2. The van der Waals surface area contributed by atoms with Crippen molar-refractivity contribution in [2.45, 2.75) is 54.6 Å². The Bertz CT molecular complexity index is 823. The molecule has 0 fully saturated rings. The van der Waals surface area contributed by atoms with E-state index in [9.17, 15) is 9.59 Å². The first-order valence-corrected chi connectivity index (χ1v) is 11.4. The molecule has 0 spiro atoms. The third-order valence-electron chi connectivity index (χ3n) is 5.56. The zero-order valence-electron chi connectivity index (χ0n) is 21.2. The molecule has 0 bridgehead atoms. The molecule has 0 atom stereocenters. The van der Waals surface area contributed by atoms with Crippen molar-refractivity contribution in [3.05, 3.63) is 70.8 Å². The molecule has 4 heteroatoms. The summed E-state index contributed by atoms with van der Waals surface area (Å²) in [7, 11) is 4.24. The number of likely N-dealkylation sites (N-methyl/N-ethyl adjacent to an activating group) is 2. The lowest BCUT2D eigenvalue weighted by Crippen LogP contribution is -2.30. The minimum Gasteiger partial charge on any atom is -0.301 e. The van der Waals surface area contributed by atoms with E-state index in [2.05, 4.69) is 48.2 Å². The van der Waals surface area contributed by atoms with Gasteiger partial charge in [-0.05, 0) is 25.2 Å². The van der Waals surface area contributed by atoms with Gasteiger partial charge in [0.15, 0.2) is 11.6 Å². The predicted octanol–water partition coefficient (Wildman–Crippen LogP) is 5.71. The van der Waals surface area contributed by atoms with Gasteiger partial charge in [-0.3, -0.25) is 9.59 Å². The summed E-state index contributed by atoms with van der Waals surface area (Å²) in [6, 6.07) is 16.0. The minimum atomic E-state index is -0.356. The second-order valence-corrected chi connectivity index (χ2v) is 11.0. The van der Waals surface area contributed by atoms with Gasteiger partial charge in [0.25, 0.3) is 0 Å². The summed E-state index contributed by atoms with van der Waals surface area (Å²) in [5.74, 6) is 0.352. The van der Waals surface area contributed by atoms with E-state index in [1.165, 1.54) is 11.1 Å². The molecule has 0 radical (unpaired) electrons. The van der Waals surface area contributed by atoms with Gasteiger partial charge in [0, 0.05) is 48.1 Å². The number of carbonyl (C=O) groups excluding carboxylic acids is 2. The van der Waals surface area contributed by atoms with E-state index in [1.807, 2.05) is 65.8 Å². The zero-order chi connectivity index (χ0) is 24.1. The molecule has 32 heavy (non-hydrogen) atoms. The zero-order valence-corrected chi connectivity index (χ0v) is 21.2. The highest BCUT2D eigenvalue weighted by atomic mass is 16.1. The Morgan fingerprint density at radius 1 is 0.594 bits per heavy atom. The molecule has 0 aliphatic rings. The second kappa shape index (κ2) is 10.5. The van der Waals surface area contributed by atoms with Crippen LogP contribution < -0.4 is 0 Å². The summed E-state index contributed by atoms with van der Waals surface area (Å²) in [4.78, 5) is 29.4. The molecule has 2 aromatic carbocycles. The molecule has 0 unspecified atom stereocenters. The maximum atomic E-state index is 12.4. The van der Waals surface area contributed by atoms with Crippen LogP contribution in [-0.4, -0.2) is 48.6 Å². The van der Waals surface area contributed by atoms with Gasteiger partial charge in [-0.2, -0.15) is 0 Å². The quantitative estimate of drug-likeness (QED) is 0.472. The van der Waals surface area contributed by atoms with Crippen LogP contribution in [-0.2, 0) is 13.1 Å². The summed E-state index contributed by atoms with van der Waals surface area (Å²) in [6.45, 7) is 15.3. The summed E-state index contributed by atoms with van der Waals surface area (Å²) in [5.41, 5.74) is 3.26. The van der Waals surface area contributed by atoms with Crippen LogP contribution in [0.2, 0.25) is 0 Å². The van der Waals surface area contributed by atoms with Crippen LogP contribution in [0.15, 0.2) is 48.5 Å². The van der Waals surface area contributed by atoms with Crippen LogP contribution in [0.3, 0.4) is 0 Å². The van der Waals surface area contributed by atoms with Crippen molar-refractivity contribution in [3.8, 4) is 0 Å². The third-order valence-corrected chi connectivity index (χ3v) is 5.56. The lowest BCUT2D eigenvalue weighted by Gasteiger charge is -2.23. The van der Waals surface area contributed by atoms with E-state index in [1.54, 1.807) is 0 Å². The average Bonchev–Trinajstić information content (AvgIpc) is 2.71. The molecule has 2 aromatic rings. The molecule has 0 aliphatic carbocycles. The van der Waals surface area contributed by atoms with Gasteiger partial charge in [0.05, 0.1) is 0 Å². The Hall–Kier alpha value is -2.30. The van der Waals surface area contributed by atoms with Crippen molar-refractivity contribution in [1.29, 1.82) is 0 Å². The Morgan fingerprint density at radius 3 is 1.12 bits per heavy atom. The molecule has 2 rings (SSSR count). The lowest BCUT2D eigenvalue weighted by molar-refractivity contribution is 0.0852. The predicted molar refractivity (Wildman–Crippen MR) is 133 cm³/mol. The van der Waals surface area contributed by atoms with Crippen molar-refractivity contribution in [1.82, 2.24) is 9.80 Å². The fraction of sp³-hybridized carbons (Fsp3) is 0.500. The molecule has 0 N–H and O–H groups in total. The van der Waals surface area contributed by atoms with E-state index in [4.69, 9.17) is 0 Å². The highest BCUT2D eigenvalue weighted by Crippen LogP contribution is 2.22. The van der Waals surface area contributed by atoms with Crippen molar-refractivity contribution in [3.63, 3.8) is 0 Å². The minimum absolute atomic E-state index is 0.176. The number of carbonyl (C=O) groups is 2. The Labute approximate surface area is 194 Å². The first-order chi connectivity index (χ1) is 14.8. The Kier molecular flexibility index (Phi) is 8.55. The second-order valence-electron chi connectivity index (χ2n) is 11.0.